The van der Waals surface area contributed by atoms with Crippen molar-refractivity contribution < 1.29 is 0 Å². The number of para-hydroxylation sites is 1. The van der Waals surface area contributed by atoms with Crippen LogP contribution in [0.25, 0.3) is 10.9 Å². The summed E-state index contributed by atoms with van der Waals surface area (Å²) in [7, 11) is 5.52. The molecule has 0 saturated carbocycles. The van der Waals surface area contributed by atoms with Crippen molar-refractivity contribution >= 4 is 10.9 Å². The molecule has 0 aliphatic carbocycles. The van der Waals surface area contributed by atoms with E-state index in [1.165, 1.54) is 9.13 Å². The van der Waals surface area contributed by atoms with Gasteiger partial charge in [-0.1, -0.05) is 12.1 Å². The summed E-state index contributed by atoms with van der Waals surface area (Å²) in [4.78, 5) is 26.3. The number of hydrogen-bond donors (Lipinski definition) is 0. The Balaban J connectivity index is 2.68. The number of rotatable bonds is 3. The first-order valence-electron chi connectivity index (χ1n) is 5.85. The van der Waals surface area contributed by atoms with Crippen LogP contribution in [0.1, 0.15) is 0 Å². The lowest BCUT2D eigenvalue weighted by Gasteiger charge is -2.13. The monoisotopic (exact) mass is 247 g/mol. The third-order valence-corrected chi connectivity index (χ3v) is 3.03. The molecule has 0 saturated heterocycles. The molecule has 96 valence electrons. The number of hydrogen-bond acceptors (Lipinski definition) is 3. The molecule has 1 aromatic heterocycles. The van der Waals surface area contributed by atoms with Gasteiger partial charge in [0.25, 0.3) is 5.56 Å². The molecule has 5 nitrogen and oxygen atoms in total. The largest absolute Gasteiger partial charge is 0.331 e. The van der Waals surface area contributed by atoms with Gasteiger partial charge in [-0.05, 0) is 26.2 Å². The van der Waals surface area contributed by atoms with E-state index in [0.717, 1.165) is 0 Å². The van der Waals surface area contributed by atoms with Gasteiger partial charge in [0.15, 0.2) is 0 Å². The number of benzene rings is 1. The summed E-state index contributed by atoms with van der Waals surface area (Å²) >= 11 is 0. The van der Waals surface area contributed by atoms with Crippen LogP contribution in [0.3, 0.4) is 0 Å². The van der Waals surface area contributed by atoms with Gasteiger partial charge in [0.05, 0.1) is 10.9 Å². The molecule has 1 aromatic carbocycles. The number of likely N-dealkylation sites (N-methyl/N-ethyl adjacent to an activating group) is 1. The molecule has 0 fully saturated rings. The molecule has 18 heavy (non-hydrogen) atoms. The summed E-state index contributed by atoms with van der Waals surface area (Å²) < 4.78 is 2.81. The zero-order valence-corrected chi connectivity index (χ0v) is 10.9. The predicted octanol–water partition coefficient (Wildman–Crippen LogP) is 0.262. The lowest BCUT2D eigenvalue weighted by atomic mass is 10.2. The van der Waals surface area contributed by atoms with Gasteiger partial charge in [-0.3, -0.25) is 13.9 Å². The molecule has 1 heterocycles. The van der Waals surface area contributed by atoms with Crippen molar-refractivity contribution in [1.29, 1.82) is 0 Å². The Labute approximate surface area is 105 Å². The van der Waals surface area contributed by atoms with E-state index in [-0.39, 0.29) is 11.2 Å². The van der Waals surface area contributed by atoms with Gasteiger partial charge in [0, 0.05) is 20.1 Å². The Morgan fingerprint density at radius 1 is 1.17 bits per heavy atom. The van der Waals surface area contributed by atoms with Gasteiger partial charge in [0.1, 0.15) is 0 Å². The summed E-state index contributed by atoms with van der Waals surface area (Å²) in [5.74, 6) is 0. The topological polar surface area (TPSA) is 47.2 Å². The standard InChI is InChI=1S/C13H17N3O2/c1-14(2)8-9-16-12(17)10-6-4-5-7-11(10)15(3)13(16)18/h4-7H,8-9H2,1-3H3. The highest BCUT2D eigenvalue weighted by molar-refractivity contribution is 5.77. The van der Waals surface area contributed by atoms with Crippen molar-refractivity contribution in [3.63, 3.8) is 0 Å². The Hall–Kier alpha value is -1.88. The van der Waals surface area contributed by atoms with Crippen LogP contribution >= 0.6 is 0 Å². The van der Waals surface area contributed by atoms with E-state index in [2.05, 4.69) is 0 Å². The highest BCUT2D eigenvalue weighted by atomic mass is 16.2. The molecule has 2 rings (SSSR count). The number of aromatic nitrogens is 2. The van der Waals surface area contributed by atoms with Gasteiger partial charge in [0.2, 0.25) is 0 Å². The minimum absolute atomic E-state index is 0.212. The van der Waals surface area contributed by atoms with Crippen molar-refractivity contribution in [2.75, 3.05) is 20.6 Å². The SMILES string of the molecule is CN(C)CCn1c(=O)c2ccccc2n(C)c1=O. The van der Waals surface area contributed by atoms with E-state index in [4.69, 9.17) is 0 Å². The van der Waals surface area contributed by atoms with E-state index in [0.29, 0.717) is 24.0 Å². The lowest BCUT2D eigenvalue weighted by Crippen LogP contribution is -2.41. The van der Waals surface area contributed by atoms with E-state index < -0.39 is 0 Å². The van der Waals surface area contributed by atoms with Gasteiger partial charge >= 0.3 is 5.69 Å². The zero-order chi connectivity index (χ0) is 13.3. The normalized spacial score (nSPS) is 11.3. The van der Waals surface area contributed by atoms with E-state index in [1.54, 1.807) is 19.2 Å². The average molecular weight is 247 g/mol. The molecule has 0 amide bonds. The van der Waals surface area contributed by atoms with Gasteiger partial charge in [-0.2, -0.15) is 0 Å². The Morgan fingerprint density at radius 2 is 1.83 bits per heavy atom. The van der Waals surface area contributed by atoms with Crippen LogP contribution in [0, 0.1) is 0 Å². The molecule has 2 aromatic rings. The van der Waals surface area contributed by atoms with Crippen molar-refractivity contribution in [3.8, 4) is 0 Å². The van der Waals surface area contributed by atoms with Crippen LogP contribution in [-0.4, -0.2) is 34.7 Å². The fourth-order valence-electron chi connectivity index (χ4n) is 1.96. The minimum Gasteiger partial charge on any atom is -0.308 e. The molecule has 0 unspecified atom stereocenters. The summed E-state index contributed by atoms with van der Waals surface area (Å²) in [5, 5.41) is 0.582. The molecular formula is C13H17N3O2. The van der Waals surface area contributed by atoms with Crippen LogP contribution in [0.4, 0.5) is 0 Å². The van der Waals surface area contributed by atoms with E-state index >= 15 is 0 Å². The summed E-state index contributed by atoms with van der Waals surface area (Å²) in [6.07, 6.45) is 0. The lowest BCUT2D eigenvalue weighted by molar-refractivity contribution is 0.375. The fourth-order valence-corrected chi connectivity index (χ4v) is 1.96. The van der Waals surface area contributed by atoms with Gasteiger partial charge in [-0.15, -0.1) is 0 Å². The van der Waals surface area contributed by atoms with Gasteiger partial charge < -0.3 is 4.90 Å². The maximum Gasteiger partial charge on any atom is 0.331 e. The van der Waals surface area contributed by atoms with Crippen LogP contribution in [0.5, 0.6) is 0 Å². The maximum atomic E-state index is 12.2. The first-order chi connectivity index (χ1) is 8.52. The number of nitrogens with zero attached hydrogens (tertiary/aromatic N) is 3. The second-order valence-electron chi connectivity index (χ2n) is 4.62. The van der Waals surface area contributed by atoms with Crippen molar-refractivity contribution in [2.45, 2.75) is 6.54 Å². The van der Waals surface area contributed by atoms with Crippen molar-refractivity contribution in [2.24, 2.45) is 7.05 Å². The highest BCUT2D eigenvalue weighted by Crippen LogP contribution is 2.05. The maximum absolute atomic E-state index is 12.2. The molecule has 0 aliphatic rings. The first-order valence-corrected chi connectivity index (χ1v) is 5.85. The smallest absolute Gasteiger partial charge is 0.308 e. The second kappa shape index (κ2) is 4.78. The fraction of sp³-hybridized carbons (Fsp3) is 0.385. The quantitative estimate of drug-likeness (QED) is 0.781. The number of fused-ring (bicyclic) bond motifs is 1. The van der Waals surface area contributed by atoms with E-state index in [1.807, 2.05) is 31.1 Å². The second-order valence-corrected chi connectivity index (χ2v) is 4.62. The average Bonchev–Trinajstić information content (AvgIpc) is 2.36. The Kier molecular flexibility index (Phi) is 3.34. The van der Waals surface area contributed by atoms with Crippen molar-refractivity contribution in [3.05, 3.63) is 45.1 Å². The predicted molar refractivity (Wildman–Crippen MR) is 72.0 cm³/mol. The molecule has 5 heteroatoms. The molecule has 0 aliphatic heterocycles. The van der Waals surface area contributed by atoms with Crippen LogP contribution in [0.15, 0.2) is 33.9 Å². The third kappa shape index (κ3) is 2.09. The zero-order valence-electron chi connectivity index (χ0n) is 10.9. The van der Waals surface area contributed by atoms with Gasteiger partial charge in [-0.25, -0.2) is 4.79 Å². The molecule has 0 N–H and O–H groups in total. The van der Waals surface area contributed by atoms with Crippen LogP contribution < -0.4 is 11.2 Å². The molecule has 0 spiro atoms. The number of aryl methyl sites for hydroxylation is 1. The molecule has 0 bridgehead atoms. The summed E-state index contributed by atoms with van der Waals surface area (Å²) in [6, 6.07) is 7.17. The molecule has 0 radical (unpaired) electrons. The summed E-state index contributed by atoms with van der Waals surface area (Å²) in [6.45, 7) is 1.07. The Morgan fingerprint density at radius 3 is 2.50 bits per heavy atom. The summed E-state index contributed by atoms with van der Waals surface area (Å²) in [5.41, 5.74) is 0.199. The highest BCUT2D eigenvalue weighted by Gasteiger charge is 2.09. The Bertz CT molecular complexity index is 683. The van der Waals surface area contributed by atoms with Crippen LogP contribution in [0.2, 0.25) is 0 Å². The van der Waals surface area contributed by atoms with E-state index in [9.17, 15) is 9.59 Å². The van der Waals surface area contributed by atoms with Crippen molar-refractivity contribution in [1.82, 2.24) is 14.0 Å². The van der Waals surface area contributed by atoms with Crippen LogP contribution in [-0.2, 0) is 13.6 Å². The molecule has 0 atom stereocenters. The third-order valence-electron chi connectivity index (χ3n) is 3.03. The first kappa shape index (κ1) is 12.6. The minimum atomic E-state index is -0.263. The molecular weight excluding hydrogens is 230 g/mol.